The maximum absolute atomic E-state index is 11.6. The molecule has 1 atom stereocenters. The van der Waals surface area contributed by atoms with Gasteiger partial charge in [0, 0.05) is 7.11 Å². The summed E-state index contributed by atoms with van der Waals surface area (Å²) in [5.41, 5.74) is 4.62. The van der Waals surface area contributed by atoms with Crippen molar-refractivity contribution in [3.63, 3.8) is 0 Å². The lowest BCUT2D eigenvalue weighted by Gasteiger charge is -2.13. The zero-order valence-electron chi connectivity index (χ0n) is 10.3. The topological polar surface area (TPSA) is 149 Å². The molecule has 1 heterocycles. The Labute approximate surface area is 107 Å². The lowest BCUT2D eigenvalue weighted by atomic mass is 10.2. The first-order valence-corrected chi connectivity index (χ1v) is 5.15. The van der Waals surface area contributed by atoms with E-state index in [2.05, 4.69) is 10.3 Å². The van der Waals surface area contributed by atoms with Crippen LogP contribution in [0.1, 0.15) is 29.1 Å². The molecule has 3 amide bonds. The smallest absolute Gasteiger partial charge is 0.358 e. The number of primary amides is 1. The number of amides is 3. The van der Waals surface area contributed by atoms with E-state index in [1.807, 2.05) is 5.32 Å². The second kappa shape index (κ2) is 5.91. The molecule has 0 radical (unpaired) electrons. The SMILES string of the molecule is COCc1c(C(=O)O)nnn1C(C)C(=O)NC(N)=O. The standard InChI is InChI=1S/C9H13N5O5/c1-4(7(15)11-9(10)18)14-5(3-19-2)6(8(16)17)12-13-14/h4H,3H2,1-2H3,(H,16,17)(H3,10,11,15,18). The van der Waals surface area contributed by atoms with Gasteiger partial charge in [0.1, 0.15) is 11.7 Å². The first-order valence-electron chi connectivity index (χ1n) is 5.15. The normalized spacial score (nSPS) is 11.9. The molecule has 0 bridgehead atoms. The summed E-state index contributed by atoms with van der Waals surface area (Å²) in [7, 11) is 1.36. The number of aromatic carboxylic acids is 1. The predicted octanol–water partition coefficient (Wildman–Crippen LogP) is -1.12. The lowest BCUT2D eigenvalue weighted by Crippen LogP contribution is -2.39. The number of hydrogen-bond donors (Lipinski definition) is 3. The molecule has 1 aromatic rings. The average molecular weight is 271 g/mol. The molecule has 1 aromatic heterocycles. The van der Waals surface area contributed by atoms with Crippen LogP contribution in [0.5, 0.6) is 0 Å². The van der Waals surface area contributed by atoms with Crippen LogP contribution in [-0.4, -0.2) is 45.1 Å². The van der Waals surface area contributed by atoms with E-state index in [9.17, 15) is 14.4 Å². The molecule has 104 valence electrons. The minimum Gasteiger partial charge on any atom is -0.476 e. The third kappa shape index (κ3) is 3.25. The minimum absolute atomic E-state index is 0.0944. The molecule has 0 saturated carbocycles. The monoisotopic (exact) mass is 271 g/mol. The lowest BCUT2D eigenvalue weighted by molar-refractivity contribution is -0.123. The fourth-order valence-corrected chi connectivity index (χ4v) is 1.40. The molecule has 0 saturated heterocycles. The van der Waals surface area contributed by atoms with E-state index in [4.69, 9.17) is 15.6 Å². The molecule has 1 unspecified atom stereocenters. The summed E-state index contributed by atoms with van der Waals surface area (Å²) in [5.74, 6) is -2.02. The van der Waals surface area contributed by atoms with Crippen molar-refractivity contribution < 1.29 is 24.2 Å². The van der Waals surface area contributed by atoms with E-state index in [0.29, 0.717) is 0 Å². The fourth-order valence-electron chi connectivity index (χ4n) is 1.40. The number of imide groups is 1. The number of nitrogens with zero attached hydrogens (tertiary/aromatic N) is 3. The molecule has 10 heteroatoms. The maximum Gasteiger partial charge on any atom is 0.358 e. The predicted molar refractivity (Wildman–Crippen MR) is 60.1 cm³/mol. The third-order valence-electron chi connectivity index (χ3n) is 2.27. The van der Waals surface area contributed by atoms with Gasteiger partial charge in [-0.3, -0.25) is 10.1 Å². The molecule has 0 aliphatic rings. The van der Waals surface area contributed by atoms with Crippen LogP contribution in [-0.2, 0) is 16.1 Å². The van der Waals surface area contributed by atoms with Crippen molar-refractivity contribution in [1.29, 1.82) is 0 Å². The summed E-state index contributed by atoms with van der Waals surface area (Å²) in [5, 5.41) is 17.8. The van der Waals surface area contributed by atoms with E-state index < -0.39 is 23.9 Å². The molecule has 0 spiro atoms. The summed E-state index contributed by atoms with van der Waals surface area (Å²) in [6, 6.07) is -1.97. The van der Waals surface area contributed by atoms with Crippen LogP contribution in [0.3, 0.4) is 0 Å². The van der Waals surface area contributed by atoms with Crippen LogP contribution in [0.4, 0.5) is 4.79 Å². The Hall–Kier alpha value is -2.49. The van der Waals surface area contributed by atoms with Crippen molar-refractivity contribution in [2.45, 2.75) is 19.6 Å². The van der Waals surface area contributed by atoms with Gasteiger partial charge in [-0.05, 0) is 6.92 Å². The van der Waals surface area contributed by atoms with E-state index in [0.717, 1.165) is 4.68 Å². The molecule has 10 nitrogen and oxygen atoms in total. The highest BCUT2D eigenvalue weighted by Crippen LogP contribution is 2.13. The second-order valence-electron chi connectivity index (χ2n) is 3.60. The van der Waals surface area contributed by atoms with E-state index in [1.54, 1.807) is 0 Å². The van der Waals surface area contributed by atoms with Gasteiger partial charge in [0.25, 0.3) is 5.91 Å². The molecule has 0 aliphatic heterocycles. The number of aromatic nitrogens is 3. The van der Waals surface area contributed by atoms with Gasteiger partial charge in [-0.15, -0.1) is 5.10 Å². The zero-order chi connectivity index (χ0) is 14.6. The number of carbonyl (C=O) groups is 3. The van der Waals surface area contributed by atoms with Gasteiger partial charge in [0.05, 0.1) is 6.61 Å². The number of ether oxygens (including phenoxy) is 1. The number of carboxylic acid groups (broad SMARTS) is 1. The van der Waals surface area contributed by atoms with Crippen molar-refractivity contribution in [2.24, 2.45) is 5.73 Å². The molecule has 0 aromatic carbocycles. The second-order valence-corrected chi connectivity index (χ2v) is 3.60. The fraction of sp³-hybridized carbons (Fsp3) is 0.444. The Kier molecular flexibility index (Phi) is 4.53. The summed E-state index contributed by atoms with van der Waals surface area (Å²) in [4.78, 5) is 33.1. The number of rotatable bonds is 5. The maximum atomic E-state index is 11.6. The molecule has 1 rings (SSSR count). The Morgan fingerprint density at radius 2 is 2.16 bits per heavy atom. The largest absolute Gasteiger partial charge is 0.476 e. The van der Waals surface area contributed by atoms with Crippen molar-refractivity contribution in [3.05, 3.63) is 11.4 Å². The summed E-state index contributed by atoms with van der Waals surface area (Å²) in [6.07, 6.45) is 0. The van der Waals surface area contributed by atoms with Crippen LogP contribution in [0, 0.1) is 0 Å². The third-order valence-corrected chi connectivity index (χ3v) is 2.27. The van der Waals surface area contributed by atoms with E-state index >= 15 is 0 Å². The first-order chi connectivity index (χ1) is 8.88. The van der Waals surface area contributed by atoms with Crippen molar-refractivity contribution in [3.8, 4) is 0 Å². The summed E-state index contributed by atoms with van der Waals surface area (Å²) in [6.45, 7) is 1.32. The van der Waals surface area contributed by atoms with Crippen LogP contribution >= 0.6 is 0 Å². The Balaban J connectivity index is 3.08. The highest BCUT2D eigenvalue weighted by atomic mass is 16.5. The van der Waals surface area contributed by atoms with Crippen molar-refractivity contribution >= 4 is 17.9 Å². The Morgan fingerprint density at radius 3 is 2.63 bits per heavy atom. The van der Waals surface area contributed by atoms with E-state index in [1.165, 1.54) is 14.0 Å². The highest BCUT2D eigenvalue weighted by Gasteiger charge is 2.25. The molecular weight excluding hydrogens is 258 g/mol. The van der Waals surface area contributed by atoms with Gasteiger partial charge in [-0.2, -0.15) is 0 Å². The zero-order valence-corrected chi connectivity index (χ0v) is 10.3. The highest BCUT2D eigenvalue weighted by molar-refractivity contribution is 5.95. The minimum atomic E-state index is -1.29. The van der Waals surface area contributed by atoms with E-state index in [-0.39, 0.29) is 18.0 Å². The van der Waals surface area contributed by atoms with Gasteiger partial charge >= 0.3 is 12.0 Å². The average Bonchev–Trinajstić information content (AvgIpc) is 2.71. The van der Waals surface area contributed by atoms with Crippen LogP contribution < -0.4 is 11.1 Å². The molecule has 0 aliphatic carbocycles. The first kappa shape index (κ1) is 14.6. The van der Waals surface area contributed by atoms with Gasteiger partial charge in [-0.1, -0.05) is 5.21 Å². The van der Waals surface area contributed by atoms with Gasteiger partial charge in [0.2, 0.25) is 0 Å². The van der Waals surface area contributed by atoms with Crippen LogP contribution in [0.15, 0.2) is 0 Å². The molecular formula is C9H13N5O5. The summed E-state index contributed by atoms with van der Waals surface area (Å²) >= 11 is 0. The Morgan fingerprint density at radius 1 is 1.53 bits per heavy atom. The van der Waals surface area contributed by atoms with Crippen molar-refractivity contribution in [2.75, 3.05) is 7.11 Å². The molecule has 19 heavy (non-hydrogen) atoms. The molecule has 4 N–H and O–H groups in total. The Bertz CT molecular complexity index is 511. The van der Waals surface area contributed by atoms with Gasteiger partial charge in [0.15, 0.2) is 5.69 Å². The number of hydrogen-bond acceptors (Lipinski definition) is 6. The van der Waals surface area contributed by atoms with Gasteiger partial charge < -0.3 is 15.6 Å². The van der Waals surface area contributed by atoms with Crippen LogP contribution in [0.25, 0.3) is 0 Å². The van der Waals surface area contributed by atoms with Crippen LogP contribution in [0.2, 0.25) is 0 Å². The van der Waals surface area contributed by atoms with Crippen molar-refractivity contribution in [1.82, 2.24) is 20.3 Å². The number of urea groups is 1. The number of methoxy groups -OCH3 is 1. The number of carbonyl (C=O) groups excluding carboxylic acids is 2. The van der Waals surface area contributed by atoms with Gasteiger partial charge in [-0.25, -0.2) is 14.3 Å². The number of carboxylic acids is 1. The number of nitrogens with two attached hydrogens (primary N) is 1. The number of nitrogens with one attached hydrogen (secondary N) is 1. The quantitative estimate of drug-likeness (QED) is 0.613. The molecule has 0 fully saturated rings. The summed E-state index contributed by atoms with van der Waals surface area (Å²) < 4.78 is 5.90.